The highest BCUT2D eigenvalue weighted by atomic mass is 16.3. The lowest BCUT2D eigenvalue weighted by Gasteiger charge is -2.11. The van der Waals surface area contributed by atoms with Crippen LogP contribution in [0.2, 0.25) is 0 Å². The van der Waals surface area contributed by atoms with E-state index in [2.05, 4.69) is 5.32 Å². The predicted octanol–water partition coefficient (Wildman–Crippen LogP) is 0.210. The highest BCUT2D eigenvalue weighted by Crippen LogP contribution is 2.35. The third kappa shape index (κ3) is 2.17. The zero-order chi connectivity index (χ0) is 14.3. The van der Waals surface area contributed by atoms with Crippen LogP contribution in [-0.4, -0.2) is 52.2 Å². The third-order valence-electron chi connectivity index (χ3n) is 3.58. The van der Waals surface area contributed by atoms with E-state index in [0.717, 1.165) is 12.8 Å². The Morgan fingerprint density at radius 3 is 2.60 bits per heavy atom. The van der Waals surface area contributed by atoms with E-state index < -0.39 is 6.10 Å². The van der Waals surface area contributed by atoms with E-state index in [1.165, 1.54) is 4.90 Å². The van der Waals surface area contributed by atoms with E-state index in [9.17, 15) is 14.7 Å². The van der Waals surface area contributed by atoms with Gasteiger partial charge in [-0.05, 0) is 31.0 Å². The minimum atomic E-state index is -0.858. The molecule has 0 spiro atoms. The van der Waals surface area contributed by atoms with Gasteiger partial charge in [0.25, 0.3) is 11.8 Å². The number of fused-ring (bicyclic) bond motifs is 1. The van der Waals surface area contributed by atoms with E-state index in [-0.39, 0.29) is 31.0 Å². The van der Waals surface area contributed by atoms with Crippen LogP contribution in [0.3, 0.4) is 0 Å². The number of benzene rings is 1. The normalized spacial score (nSPS) is 19.2. The minimum absolute atomic E-state index is 0.0648. The second-order valence-electron chi connectivity index (χ2n) is 5.19. The lowest BCUT2D eigenvalue weighted by Crippen LogP contribution is -2.31. The highest BCUT2D eigenvalue weighted by Gasteiger charge is 2.44. The van der Waals surface area contributed by atoms with Gasteiger partial charge in [-0.3, -0.25) is 14.5 Å². The molecule has 2 aliphatic rings. The molecule has 1 aliphatic carbocycles. The largest absolute Gasteiger partial charge is 0.394 e. The molecule has 0 radical (unpaired) electrons. The van der Waals surface area contributed by atoms with E-state index in [1.807, 2.05) is 0 Å². The Bertz CT molecular complexity index is 568. The van der Waals surface area contributed by atoms with Crippen LogP contribution in [0.1, 0.15) is 33.6 Å². The molecule has 0 saturated heterocycles. The van der Waals surface area contributed by atoms with Gasteiger partial charge in [0.2, 0.25) is 0 Å². The first kappa shape index (κ1) is 13.1. The number of nitrogens with one attached hydrogen (secondary N) is 1. The Balaban J connectivity index is 1.80. The topological polar surface area (TPSA) is 89.9 Å². The van der Waals surface area contributed by atoms with Crippen LogP contribution in [-0.2, 0) is 0 Å². The van der Waals surface area contributed by atoms with Crippen molar-refractivity contribution >= 4 is 17.5 Å². The number of nitrogens with zero attached hydrogens (tertiary/aromatic N) is 1. The van der Waals surface area contributed by atoms with Crippen LogP contribution in [0.4, 0.5) is 5.69 Å². The van der Waals surface area contributed by atoms with E-state index in [1.54, 1.807) is 18.2 Å². The third-order valence-corrected chi connectivity index (χ3v) is 3.58. The Morgan fingerprint density at radius 1 is 1.25 bits per heavy atom. The first-order chi connectivity index (χ1) is 9.61. The molecule has 6 nitrogen and oxygen atoms in total. The molecule has 1 heterocycles. The van der Waals surface area contributed by atoms with Gasteiger partial charge in [0.15, 0.2) is 0 Å². The number of anilines is 1. The number of hydrogen-bond acceptors (Lipinski definition) is 5. The van der Waals surface area contributed by atoms with E-state index >= 15 is 0 Å². The molecule has 1 aromatic carbocycles. The SMILES string of the molecule is O=C1c2ccc(NCC(O)CO)cc2C(=O)N1C1CC1. The zero-order valence-electron chi connectivity index (χ0n) is 10.9. The van der Waals surface area contributed by atoms with Gasteiger partial charge in [-0.2, -0.15) is 0 Å². The van der Waals surface area contributed by atoms with Crippen LogP contribution in [0.25, 0.3) is 0 Å². The molecular formula is C14H16N2O4. The highest BCUT2D eigenvalue weighted by molar-refractivity contribution is 6.22. The summed E-state index contributed by atoms with van der Waals surface area (Å²) in [6, 6.07) is 5.02. The fraction of sp³-hybridized carbons (Fsp3) is 0.429. The summed E-state index contributed by atoms with van der Waals surface area (Å²) in [4.78, 5) is 25.7. The van der Waals surface area contributed by atoms with Gasteiger partial charge >= 0.3 is 0 Å². The summed E-state index contributed by atoms with van der Waals surface area (Å²) >= 11 is 0. The molecule has 1 unspecified atom stereocenters. The van der Waals surface area contributed by atoms with Crippen molar-refractivity contribution in [2.24, 2.45) is 0 Å². The standard InChI is InChI=1S/C14H16N2O4/c17-7-10(18)6-15-8-1-4-11-12(5-8)14(20)16(13(11)19)9-2-3-9/h1,4-5,9-10,15,17-18H,2-3,6-7H2. The number of carbonyl (C=O) groups is 2. The Hall–Kier alpha value is -1.92. The molecule has 20 heavy (non-hydrogen) atoms. The van der Waals surface area contributed by atoms with Crippen molar-refractivity contribution in [2.45, 2.75) is 25.0 Å². The molecule has 2 amide bonds. The predicted molar refractivity (Wildman–Crippen MR) is 71.5 cm³/mol. The molecule has 1 aliphatic heterocycles. The fourth-order valence-electron chi connectivity index (χ4n) is 2.33. The molecule has 1 aromatic rings. The quantitative estimate of drug-likeness (QED) is 0.669. The molecule has 1 saturated carbocycles. The Morgan fingerprint density at radius 2 is 1.95 bits per heavy atom. The van der Waals surface area contributed by atoms with Crippen molar-refractivity contribution in [3.63, 3.8) is 0 Å². The molecule has 0 aromatic heterocycles. The summed E-state index contributed by atoms with van der Waals surface area (Å²) in [5.41, 5.74) is 1.50. The average Bonchev–Trinajstić information content (AvgIpc) is 3.25. The van der Waals surface area contributed by atoms with Gasteiger partial charge in [0, 0.05) is 18.3 Å². The van der Waals surface area contributed by atoms with Crippen LogP contribution in [0.5, 0.6) is 0 Å². The van der Waals surface area contributed by atoms with Gasteiger partial charge in [-0.15, -0.1) is 0 Å². The van der Waals surface area contributed by atoms with Crippen molar-refractivity contribution < 1.29 is 19.8 Å². The zero-order valence-corrected chi connectivity index (χ0v) is 10.9. The van der Waals surface area contributed by atoms with Crippen LogP contribution >= 0.6 is 0 Å². The second-order valence-corrected chi connectivity index (χ2v) is 5.19. The summed E-state index contributed by atoms with van der Waals surface area (Å²) in [6.45, 7) is -0.144. The maximum Gasteiger partial charge on any atom is 0.261 e. The van der Waals surface area contributed by atoms with Gasteiger partial charge < -0.3 is 15.5 Å². The van der Waals surface area contributed by atoms with Crippen LogP contribution < -0.4 is 5.32 Å². The molecule has 106 valence electrons. The van der Waals surface area contributed by atoms with E-state index in [4.69, 9.17) is 5.11 Å². The van der Waals surface area contributed by atoms with Gasteiger partial charge in [0.1, 0.15) is 0 Å². The fourth-order valence-corrected chi connectivity index (χ4v) is 2.33. The number of carbonyl (C=O) groups excluding carboxylic acids is 2. The maximum absolute atomic E-state index is 12.2. The number of hydrogen-bond donors (Lipinski definition) is 3. The number of imide groups is 1. The van der Waals surface area contributed by atoms with Crippen molar-refractivity contribution in [1.29, 1.82) is 0 Å². The number of amides is 2. The summed E-state index contributed by atoms with van der Waals surface area (Å²) in [7, 11) is 0. The van der Waals surface area contributed by atoms with Crippen LogP contribution in [0, 0.1) is 0 Å². The number of rotatable bonds is 5. The first-order valence-electron chi connectivity index (χ1n) is 6.66. The smallest absolute Gasteiger partial charge is 0.261 e. The summed E-state index contributed by atoms with van der Waals surface area (Å²) in [6.07, 6.45) is 0.919. The van der Waals surface area contributed by atoms with Crippen molar-refractivity contribution in [2.75, 3.05) is 18.5 Å². The van der Waals surface area contributed by atoms with Crippen molar-refractivity contribution in [3.8, 4) is 0 Å². The van der Waals surface area contributed by atoms with Gasteiger partial charge in [0.05, 0.1) is 23.8 Å². The molecular weight excluding hydrogens is 260 g/mol. The molecule has 1 atom stereocenters. The minimum Gasteiger partial charge on any atom is -0.394 e. The number of aliphatic hydroxyl groups excluding tert-OH is 2. The number of aliphatic hydroxyl groups is 2. The molecule has 1 fully saturated rings. The molecule has 0 bridgehead atoms. The maximum atomic E-state index is 12.2. The molecule has 3 rings (SSSR count). The lowest BCUT2D eigenvalue weighted by molar-refractivity contribution is 0.0642. The second kappa shape index (κ2) is 4.88. The lowest BCUT2D eigenvalue weighted by atomic mass is 10.1. The van der Waals surface area contributed by atoms with Gasteiger partial charge in [-0.1, -0.05) is 0 Å². The Kier molecular flexibility index (Phi) is 3.19. The Labute approximate surface area is 116 Å². The molecule has 3 N–H and O–H groups in total. The van der Waals surface area contributed by atoms with Gasteiger partial charge in [-0.25, -0.2) is 0 Å². The summed E-state index contributed by atoms with van der Waals surface area (Å²) in [5, 5.41) is 21.0. The summed E-state index contributed by atoms with van der Waals surface area (Å²) < 4.78 is 0. The average molecular weight is 276 g/mol. The van der Waals surface area contributed by atoms with Crippen molar-refractivity contribution in [1.82, 2.24) is 4.90 Å². The monoisotopic (exact) mass is 276 g/mol. The van der Waals surface area contributed by atoms with Crippen LogP contribution in [0.15, 0.2) is 18.2 Å². The van der Waals surface area contributed by atoms with E-state index in [0.29, 0.717) is 16.8 Å². The van der Waals surface area contributed by atoms with Crippen molar-refractivity contribution in [3.05, 3.63) is 29.3 Å². The summed E-state index contributed by atoms with van der Waals surface area (Å²) in [5.74, 6) is -0.451. The first-order valence-corrected chi connectivity index (χ1v) is 6.66. The molecule has 6 heteroatoms.